The van der Waals surface area contributed by atoms with Crippen LogP contribution in [0.5, 0.6) is 0 Å². The fourth-order valence-electron chi connectivity index (χ4n) is 2.53. The number of carbonyl (C=O) groups is 2. The lowest BCUT2D eigenvalue weighted by molar-refractivity contribution is -0.137. The van der Waals surface area contributed by atoms with Crippen molar-refractivity contribution in [2.75, 3.05) is 18.0 Å². The number of nitrogens with one attached hydrogen (secondary N) is 2. The summed E-state index contributed by atoms with van der Waals surface area (Å²) < 4.78 is 51.8. The molecule has 12 heteroatoms. The molecule has 1 fully saturated rings. The maximum Gasteiger partial charge on any atom is 0.475 e. The Hall–Kier alpha value is -2.34. The van der Waals surface area contributed by atoms with E-state index in [1.807, 2.05) is 0 Å². The number of hydrogen-bond acceptors (Lipinski definition) is 5. The summed E-state index contributed by atoms with van der Waals surface area (Å²) in [5, 5.41) is 22.3. The van der Waals surface area contributed by atoms with Crippen LogP contribution in [0.15, 0.2) is 18.2 Å². The van der Waals surface area contributed by atoms with Crippen LogP contribution in [0.2, 0.25) is 0 Å². The van der Waals surface area contributed by atoms with Crippen LogP contribution >= 0.6 is 0 Å². The third-order valence-corrected chi connectivity index (χ3v) is 4.17. The summed E-state index contributed by atoms with van der Waals surface area (Å²) in [5.74, 6) is -3.27. The van der Waals surface area contributed by atoms with Gasteiger partial charge in [0, 0.05) is 6.54 Å². The number of anilines is 1. The molecule has 148 valence electrons. The van der Waals surface area contributed by atoms with E-state index in [1.54, 1.807) is 0 Å². The Balaban J connectivity index is 1.95. The van der Waals surface area contributed by atoms with E-state index in [0.29, 0.717) is 12.5 Å². The van der Waals surface area contributed by atoms with Crippen LogP contribution in [0, 0.1) is 5.82 Å². The lowest BCUT2D eigenvalue weighted by Crippen LogP contribution is -2.58. The van der Waals surface area contributed by atoms with Crippen molar-refractivity contribution in [1.29, 1.82) is 0 Å². The molecule has 0 radical (unpaired) electrons. The molecule has 1 aliphatic heterocycles. The number of hydrogen-bond donors (Lipinski definition) is 4. The molecule has 2 rings (SSSR count). The van der Waals surface area contributed by atoms with Crippen molar-refractivity contribution >= 4 is 24.6 Å². The molecule has 0 aliphatic carbocycles. The summed E-state index contributed by atoms with van der Waals surface area (Å²) in [5.41, 5.74) is -1.25. The van der Waals surface area contributed by atoms with Gasteiger partial charge in [0.1, 0.15) is 11.9 Å². The van der Waals surface area contributed by atoms with E-state index < -0.39 is 55.0 Å². The van der Waals surface area contributed by atoms with Gasteiger partial charge in [-0.3, -0.25) is 9.59 Å². The summed E-state index contributed by atoms with van der Waals surface area (Å²) in [7, 11) is -1.76. The highest BCUT2D eigenvalue weighted by molar-refractivity contribution is 6.43. The maximum absolute atomic E-state index is 14.0. The van der Waals surface area contributed by atoms with E-state index >= 15 is 0 Å². The monoisotopic (exact) mass is 391 g/mol. The van der Waals surface area contributed by atoms with Crippen molar-refractivity contribution in [1.82, 2.24) is 10.6 Å². The van der Waals surface area contributed by atoms with E-state index in [0.717, 1.165) is 12.1 Å². The zero-order valence-electron chi connectivity index (χ0n) is 14.3. The second kappa shape index (κ2) is 8.13. The molecule has 1 aromatic carbocycles. The van der Waals surface area contributed by atoms with Crippen LogP contribution in [0.1, 0.15) is 18.9 Å². The molecule has 1 heterocycles. The smallest absolute Gasteiger partial charge is 0.426 e. The summed E-state index contributed by atoms with van der Waals surface area (Å²) in [6.45, 7) is 1.20. The fourth-order valence-corrected chi connectivity index (χ4v) is 2.53. The Kier molecular flexibility index (Phi) is 6.32. The Morgan fingerprint density at radius 2 is 2.04 bits per heavy atom. The van der Waals surface area contributed by atoms with Gasteiger partial charge < -0.3 is 25.6 Å². The Morgan fingerprint density at radius 3 is 2.52 bits per heavy atom. The molecule has 2 atom stereocenters. The Bertz CT molecular complexity index is 717. The van der Waals surface area contributed by atoms with E-state index in [4.69, 9.17) is 10.0 Å². The van der Waals surface area contributed by atoms with E-state index in [2.05, 4.69) is 10.6 Å². The van der Waals surface area contributed by atoms with Gasteiger partial charge >= 0.3 is 13.3 Å². The quantitative estimate of drug-likeness (QED) is 0.406. The lowest BCUT2D eigenvalue weighted by atomic mass is 9.81. The molecule has 0 saturated carbocycles. The highest BCUT2D eigenvalue weighted by atomic mass is 19.4. The molecule has 4 N–H and O–H groups in total. The van der Waals surface area contributed by atoms with Gasteiger partial charge in [-0.25, -0.2) is 4.39 Å². The molecule has 2 amide bonds. The number of halogens is 4. The van der Waals surface area contributed by atoms with Crippen molar-refractivity contribution < 1.29 is 37.2 Å². The van der Waals surface area contributed by atoms with Gasteiger partial charge in [0.05, 0.1) is 23.7 Å². The minimum atomic E-state index is -4.67. The van der Waals surface area contributed by atoms with Gasteiger partial charge in [-0.2, -0.15) is 13.2 Å². The van der Waals surface area contributed by atoms with Crippen LogP contribution in [-0.2, 0) is 15.8 Å². The normalized spacial score (nSPS) is 17.7. The number of nitrogens with zero attached hydrogens (tertiary/aromatic N) is 1. The number of alkyl halides is 3. The van der Waals surface area contributed by atoms with Crippen LogP contribution in [0.25, 0.3) is 0 Å². The molecular formula is C15H18BF4N3O4. The van der Waals surface area contributed by atoms with Crippen molar-refractivity contribution in [3.05, 3.63) is 29.6 Å². The maximum atomic E-state index is 14.0. The standard InChI is InChI=1S/C15H18BF4N3O4/c1-8(16(26)27)22-13(24)7-21-14(25)12-4-5-23(12)11-3-2-9(6-10(11)17)15(18,19)20/h2-3,6,8,12,26-27H,4-5,7H2,1H3,(H,21,25)(H,22,24)/t8?,12-/m0/s1. The molecule has 0 aromatic heterocycles. The van der Waals surface area contributed by atoms with Gasteiger partial charge in [-0.1, -0.05) is 0 Å². The number of benzene rings is 1. The van der Waals surface area contributed by atoms with Gasteiger partial charge in [0.25, 0.3) is 0 Å². The summed E-state index contributed by atoms with van der Waals surface area (Å²) in [4.78, 5) is 25.0. The highest BCUT2D eigenvalue weighted by Crippen LogP contribution is 2.34. The molecule has 1 saturated heterocycles. The van der Waals surface area contributed by atoms with Crippen molar-refractivity contribution in [3.63, 3.8) is 0 Å². The first-order valence-electron chi connectivity index (χ1n) is 8.07. The molecule has 1 unspecified atom stereocenters. The van der Waals surface area contributed by atoms with Gasteiger partial charge in [-0.15, -0.1) is 0 Å². The Labute approximate surface area is 152 Å². The number of rotatable bonds is 6. The second-order valence-corrected chi connectivity index (χ2v) is 6.15. The predicted molar refractivity (Wildman–Crippen MR) is 88.0 cm³/mol. The van der Waals surface area contributed by atoms with E-state index in [1.165, 1.54) is 11.8 Å². The van der Waals surface area contributed by atoms with Crippen LogP contribution < -0.4 is 15.5 Å². The minimum absolute atomic E-state index is 0.129. The first kappa shape index (κ1) is 21.0. The minimum Gasteiger partial charge on any atom is -0.426 e. The van der Waals surface area contributed by atoms with Gasteiger partial charge in [-0.05, 0) is 31.5 Å². The topological polar surface area (TPSA) is 102 Å². The first-order chi connectivity index (χ1) is 12.5. The van der Waals surface area contributed by atoms with Crippen molar-refractivity contribution in [2.24, 2.45) is 0 Å². The fraction of sp³-hybridized carbons (Fsp3) is 0.467. The summed E-state index contributed by atoms with van der Waals surface area (Å²) in [6, 6.07) is 1.26. The second-order valence-electron chi connectivity index (χ2n) is 6.15. The summed E-state index contributed by atoms with van der Waals surface area (Å²) >= 11 is 0. The highest BCUT2D eigenvalue weighted by Gasteiger charge is 2.37. The van der Waals surface area contributed by atoms with Gasteiger partial charge in [0.15, 0.2) is 0 Å². The molecule has 1 aromatic rings. The zero-order chi connectivity index (χ0) is 20.4. The third-order valence-electron chi connectivity index (χ3n) is 4.17. The van der Waals surface area contributed by atoms with E-state index in [9.17, 15) is 27.2 Å². The lowest BCUT2D eigenvalue weighted by Gasteiger charge is -2.41. The molecule has 27 heavy (non-hydrogen) atoms. The molecule has 0 bridgehead atoms. The van der Waals surface area contributed by atoms with Gasteiger partial charge in [0.2, 0.25) is 11.8 Å². The van der Waals surface area contributed by atoms with Crippen LogP contribution in [0.3, 0.4) is 0 Å². The van der Waals surface area contributed by atoms with E-state index in [-0.39, 0.29) is 12.2 Å². The molecular weight excluding hydrogens is 373 g/mol. The predicted octanol–water partition coefficient (Wildman–Crippen LogP) is 0.0561. The Morgan fingerprint density at radius 1 is 1.37 bits per heavy atom. The van der Waals surface area contributed by atoms with Crippen molar-refractivity contribution in [2.45, 2.75) is 31.5 Å². The average Bonchev–Trinajstić information content (AvgIpc) is 2.52. The molecule has 7 nitrogen and oxygen atoms in total. The first-order valence-corrected chi connectivity index (χ1v) is 8.07. The number of carbonyl (C=O) groups excluding carboxylic acids is 2. The molecule has 0 spiro atoms. The summed E-state index contributed by atoms with van der Waals surface area (Å²) in [6.07, 6.45) is -4.32. The van der Waals surface area contributed by atoms with Crippen LogP contribution in [-0.4, -0.2) is 54.1 Å². The van der Waals surface area contributed by atoms with Crippen molar-refractivity contribution in [3.8, 4) is 0 Å². The zero-order valence-corrected chi connectivity index (χ0v) is 14.3. The average molecular weight is 391 g/mol. The van der Waals surface area contributed by atoms with Crippen LogP contribution in [0.4, 0.5) is 23.2 Å². The third kappa shape index (κ3) is 5.10. The largest absolute Gasteiger partial charge is 0.475 e. The SMILES string of the molecule is CC(NC(=O)CNC(=O)[C@@H]1CCN1c1ccc(C(F)(F)F)cc1F)B(O)O. The molecule has 1 aliphatic rings. The number of amides is 2.